The molecular weight excluding hydrogens is 271 g/mol. The summed E-state index contributed by atoms with van der Waals surface area (Å²) in [5.74, 6) is 0.633. The van der Waals surface area contributed by atoms with E-state index in [4.69, 9.17) is 0 Å². The molecule has 1 N–H and O–H groups in total. The summed E-state index contributed by atoms with van der Waals surface area (Å²) in [5.41, 5.74) is 0. The van der Waals surface area contributed by atoms with Crippen LogP contribution < -0.4 is 5.32 Å². The third kappa shape index (κ3) is 3.04. The van der Waals surface area contributed by atoms with Gasteiger partial charge in [-0.3, -0.25) is 0 Å². The molecular formula is C12H14BrFN2. The van der Waals surface area contributed by atoms with Crippen molar-refractivity contribution in [2.75, 3.05) is 11.9 Å². The van der Waals surface area contributed by atoms with Gasteiger partial charge in [-0.05, 0) is 47.2 Å². The second kappa shape index (κ2) is 5.43. The van der Waals surface area contributed by atoms with Gasteiger partial charge >= 0.3 is 0 Å². The summed E-state index contributed by atoms with van der Waals surface area (Å²) in [6, 6.07) is 1.43. The van der Waals surface area contributed by atoms with Gasteiger partial charge in [0.1, 0.15) is 0 Å². The Balaban J connectivity index is 1.91. The van der Waals surface area contributed by atoms with E-state index in [2.05, 4.69) is 38.4 Å². The summed E-state index contributed by atoms with van der Waals surface area (Å²) < 4.78 is 14.1. The Bertz CT molecular complexity index is 393. The first-order valence-electron chi connectivity index (χ1n) is 5.45. The van der Waals surface area contributed by atoms with Crippen LogP contribution in [0.15, 0.2) is 28.9 Å². The Hall–Kier alpha value is -0.900. The summed E-state index contributed by atoms with van der Waals surface area (Å²) in [5, 5.41) is 3.07. The molecule has 0 saturated carbocycles. The largest absolute Gasteiger partial charge is 0.367 e. The molecule has 0 spiro atoms. The predicted octanol–water partition coefficient (Wildman–Crippen LogP) is 3.75. The minimum Gasteiger partial charge on any atom is -0.367 e. The number of aromatic nitrogens is 1. The lowest BCUT2D eigenvalue weighted by Crippen LogP contribution is -2.16. The summed E-state index contributed by atoms with van der Waals surface area (Å²) >= 11 is 3.18. The number of nitrogens with one attached hydrogen (secondary N) is 1. The molecule has 0 fully saturated rings. The summed E-state index contributed by atoms with van der Waals surface area (Å²) in [7, 11) is 0. The Morgan fingerprint density at radius 3 is 3.06 bits per heavy atom. The van der Waals surface area contributed by atoms with Gasteiger partial charge < -0.3 is 5.32 Å². The van der Waals surface area contributed by atoms with E-state index in [1.54, 1.807) is 6.20 Å². The van der Waals surface area contributed by atoms with Crippen LogP contribution >= 0.6 is 15.9 Å². The SMILES string of the molecule is Fc1cc(Br)cnc1NCC1CC=CCC1. The van der Waals surface area contributed by atoms with Crippen molar-refractivity contribution >= 4 is 21.7 Å². The molecule has 0 bridgehead atoms. The van der Waals surface area contributed by atoms with Crippen LogP contribution in [0.4, 0.5) is 10.2 Å². The number of halogens is 2. The third-order valence-electron chi connectivity index (χ3n) is 2.74. The first-order chi connectivity index (χ1) is 7.75. The van der Waals surface area contributed by atoms with Gasteiger partial charge in [-0.1, -0.05) is 12.2 Å². The fourth-order valence-corrected chi connectivity index (χ4v) is 2.13. The van der Waals surface area contributed by atoms with Crippen molar-refractivity contribution in [2.24, 2.45) is 5.92 Å². The highest BCUT2D eigenvalue weighted by Crippen LogP contribution is 2.20. The highest BCUT2D eigenvalue weighted by molar-refractivity contribution is 9.10. The van der Waals surface area contributed by atoms with Crippen LogP contribution in [0.5, 0.6) is 0 Å². The van der Waals surface area contributed by atoms with Crippen LogP contribution in [0.25, 0.3) is 0 Å². The van der Waals surface area contributed by atoms with E-state index >= 15 is 0 Å². The van der Waals surface area contributed by atoms with Crippen LogP contribution in [0.2, 0.25) is 0 Å². The van der Waals surface area contributed by atoms with Crippen molar-refractivity contribution in [1.29, 1.82) is 0 Å². The van der Waals surface area contributed by atoms with Gasteiger partial charge in [0.2, 0.25) is 0 Å². The van der Waals surface area contributed by atoms with E-state index in [-0.39, 0.29) is 5.82 Å². The minimum atomic E-state index is -0.305. The van der Waals surface area contributed by atoms with Gasteiger partial charge in [0, 0.05) is 17.2 Å². The molecule has 1 aliphatic carbocycles. The molecule has 1 heterocycles. The van der Waals surface area contributed by atoms with Crippen molar-refractivity contribution in [2.45, 2.75) is 19.3 Å². The van der Waals surface area contributed by atoms with Crippen molar-refractivity contribution in [3.63, 3.8) is 0 Å². The molecule has 0 aliphatic heterocycles. The molecule has 2 rings (SSSR count). The van der Waals surface area contributed by atoms with Crippen LogP contribution in [0.1, 0.15) is 19.3 Å². The van der Waals surface area contributed by atoms with Gasteiger partial charge in [-0.2, -0.15) is 0 Å². The van der Waals surface area contributed by atoms with Gasteiger partial charge in [-0.25, -0.2) is 9.37 Å². The topological polar surface area (TPSA) is 24.9 Å². The zero-order chi connectivity index (χ0) is 11.4. The quantitative estimate of drug-likeness (QED) is 0.855. The summed E-state index contributed by atoms with van der Waals surface area (Å²) in [6.07, 6.45) is 9.37. The number of hydrogen-bond acceptors (Lipinski definition) is 2. The maximum atomic E-state index is 13.4. The number of pyridine rings is 1. The molecule has 0 amide bonds. The van der Waals surface area contributed by atoms with Gasteiger partial charge in [0.15, 0.2) is 11.6 Å². The van der Waals surface area contributed by atoms with E-state index in [0.717, 1.165) is 19.4 Å². The standard InChI is InChI=1S/C12H14BrFN2/c13-10-6-11(14)12(16-8-10)15-7-9-4-2-1-3-5-9/h1-2,6,8-9H,3-5,7H2,(H,15,16). The number of rotatable bonds is 3. The van der Waals surface area contributed by atoms with Crippen molar-refractivity contribution in [3.8, 4) is 0 Å². The van der Waals surface area contributed by atoms with Crippen LogP contribution in [-0.4, -0.2) is 11.5 Å². The Kier molecular flexibility index (Phi) is 3.93. The monoisotopic (exact) mass is 284 g/mol. The molecule has 86 valence electrons. The van der Waals surface area contributed by atoms with E-state index in [1.165, 1.54) is 12.5 Å². The highest BCUT2D eigenvalue weighted by Gasteiger charge is 2.11. The molecule has 2 nitrogen and oxygen atoms in total. The Morgan fingerprint density at radius 2 is 2.38 bits per heavy atom. The van der Waals surface area contributed by atoms with Gasteiger partial charge in [0.05, 0.1) is 0 Å². The predicted molar refractivity (Wildman–Crippen MR) is 66.9 cm³/mol. The molecule has 4 heteroatoms. The van der Waals surface area contributed by atoms with Crippen molar-refractivity contribution in [1.82, 2.24) is 4.98 Å². The lowest BCUT2D eigenvalue weighted by molar-refractivity contribution is 0.501. The Morgan fingerprint density at radius 1 is 1.50 bits per heavy atom. The number of nitrogens with zero attached hydrogens (tertiary/aromatic N) is 1. The summed E-state index contributed by atoms with van der Waals surface area (Å²) in [6.45, 7) is 0.788. The minimum absolute atomic E-state index is 0.305. The Labute approximate surface area is 103 Å². The first-order valence-corrected chi connectivity index (χ1v) is 6.25. The highest BCUT2D eigenvalue weighted by atomic mass is 79.9. The average Bonchev–Trinajstić information content (AvgIpc) is 2.29. The average molecular weight is 285 g/mol. The lowest BCUT2D eigenvalue weighted by Gasteiger charge is -2.18. The summed E-state index contributed by atoms with van der Waals surface area (Å²) in [4.78, 5) is 4.01. The first kappa shape index (κ1) is 11.6. The maximum absolute atomic E-state index is 13.4. The molecule has 1 atom stereocenters. The molecule has 1 unspecified atom stereocenters. The van der Waals surface area contributed by atoms with Gasteiger partial charge in [0.25, 0.3) is 0 Å². The number of hydrogen-bond donors (Lipinski definition) is 1. The number of anilines is 1. The smallest absolute Gasteiger partial charge is 0.166 e. The van der Waals surface area contributed by atoms with Crippen LogP contribution in [0.3, 0.4) is 0 Å². The normalized spacial score (nSPS) is 19.8. The molecule has 0 aromatic carbocycles. The molecule has 16 heavy (non-hydrogen) atoms. The molecule has 0 saturated heterocycles. The van der Waals surface area contributed by atoms with Gasteiger partial charge in [-0.15, -0.1) is 0 Å². The molecule has 0 radical (unpaired) electrons. The number of allylic oxidation sites excluding steroid dienone is 2. The van der Waals surface area contributed by atoms with E-state index in [1.807, 2.05) is 0 Å². The zero-order valence-electron chi connectivity index (χ0n) is 8.92. The van der Waals surface area contributed by atoms with E-state index < -0.39 is 0 Å². The third-order valence-corrected chi connectivity index (χ3v) is 3.18. The second-order valence-corrected chi connectivity index (χ2v) is 4.93. The fourth-order valence-electron chi connectivity index (χ4n) is 1.83. The molecule has 1 aliphatic rings. The zero-order valence-corrected chi connectivity index (χ0v) is 10.5. The van der Waals surface area contributed by atoms with Crippen molar-refractivity contribution in [3.05, 3.63) is 34.7 Å². The second-order valence-electron chi connectivity index (χ2n) is 4.02. The van der Waals surface area contributed by atoms with Crippen molar-refractivity contribution < 1.29 is 4.39 Å². The molecule has 1 aromatic rings. The molecule has 1 aromatic heterocycles. The van der Waals surface area contributed by atoms with Crippen LogP contribution in [-0.2, 0) is 0 Å². The lowest BCUT2D eigenvalue weighted by atomic mass is 9.94. The van der Waals surface area contributed by atoms with Crippen LogP contribution in [0, 0.1) is 11.7 Å². The van der Waals surface area contributed by atoms with E-state index in [9.17, 15) is 4.39 Å². The van der Waals surface area contributed by atoms with E-state index in [0.29, 0.717) is 16.2 Å². The fraction of sp³-hybridized carbons (Fsp3) is 0.417. The maximum Gasteiger partial charge on any atom is 0.166 e.